The van der Waals surface area contributed by atoms with E-state index in [-0.39, 0.29) is 18.5 Å². The highest BCUT2D eigenvalue weighted by molar-refractivity contribution is 7.89. The summed E-state index contributed by atoms with van der Waals surface area (Å²) in [4.78, 5) is 1.69. The largest absolute Gasteiger partial charge is 0.573 e. The molecule has 2 bridgehead atoms. The van der Waals surface area contributed by atoms with Crippen LogP contribution in [0.15, 0.2) is 29.2 Å². The first-order valence-electron chi connectivity index (χ1n) is 7.72. The molecule has 0 aliphatic carbocycles. The zero-order chi connectivity index (χ0) is 17.5. The first-order valence-corrected chi connectivity index (χ1v) is 9.16. The molecular weight excluding hydrogens is 345 g/mol. The van der Waals surface area contributed by atoms with Gasteiger partial charge in [-0.05, 0) is 37.9 Å². The highest BCUT2D eigenvalue weighted by Gasteiger charge is 2.40. The quantitative estimate of drug-likeness (QED) is 0.826. The molecule has 3 aliphatic rings. The molecule has 2 atom stereocenters. The summed E-state index contributed by atoms with van der Waals surface area (Å²) in [6, 6.07) is 5.00. The SMILES string of the molecule is CN1C[C@H]2CC[C@@H]1CN(S(=O)(=O)c1ccccc1OC(F)(F)F)C2. The van der Waals surface area contributed by atoms with Crippen LogP contribution in [0, 0.1) is 5.92 Å². The van der Waals surface area contributed by atoms with Gasteiger partial charge < -0.3 is 9.64 Å². The number of hydrogen-bond acceptors (Lipinski definition) is 4. The monoisotopic (exact) mass is 364 g/mol. The molecule has 9 heteroatoms. The number of hydrogen-bond donors (Lipinski definition) is 0. The van der Waals surface area contributed by atoms with Crippen molar-refractivity contribution < 1.29 is 26.3 Å². The van der Waals surface area contributed by atoms with Gasteiger partial charge >= 0.3 is 6.36 Å². The second-order valence-electron chi connectivity index (χ2n) is 6.35. The molecule has 4 rings (SSSR count). The Morgan fingerprint density at radius 3 is 2.50 bits per heavy atom. The maximum absolute atomic E-state index is 12.9. The lowest BCUT2D eigenvalue weighted by molar-refractivity contribution is -0.275. The molecule has 3 aliphatic heterocycles. The van der Waals surface area contributed by atoms with Gasteiger partial charge in [0, 0.05) is 25.7 Å². The van der Waals surface area contributed by atoms with Crippen molar-refractivity contribution in [3.63, 3.8) is 0 Å². The third-order valence-corrected chi connectivity index (χ3v) is 6.52. The number of ether oxygens (including phenoxy) is 1. The molecule has 0 radical (unpaired) electrons. The number of fused-ring (bicyclic) bond motifs is 4. The summed E-state index contributed by atoms with van der Waals surface area (Å²) in [6.07, 6.45) is -3.11. The molecule has 5 nitrogen and oxygen atoms in total. The summed E-state index contributed by atoms with van der Waals surface area (Å²) >= 11 is 0. The van der Waals surface area contributed by atoms with Crippen LogP contribution in [-0.4, -0.2) is 56.7 Å². The minimum Gasteiger partial charge on any atom is -0.404 e. The molecule has 3 fully saturated rings. The molecule has 3 saturated heterocycles. The number of likely N-dealkylation sites (N-methyl/N-ethyl adjacent to an activating group) is 1. The van der Waals surface area contributed by atoms with Crippen LogP contribution >= 0.6 is 0 Å². The van der Waals surface area contributed by atoms with Crippen LogP contribution < -0.4 is 4.74 Å². The summed E-state index contributed by atoms with van der Waals surface area (Å²) < 4.78 is 68.8. The van der Waals surface area contributed by atoms with Gasteiger partial charge in [-0.25, -0.2) is 8.42 Å². The van der Waals surface area contributed by atoms with Gasteiger partial charge in [-0.15, -0.1) is 13.2 Å². The Labute approximate surface area is 139 Å². The fourth-order valence-electron chi connectivity index (χ4n) is 3.48. The summed E-state index contributed by atoms with van der Waals surface area (Å²) in [5.41, 5.74) is 0. The van der Waals surface area contributed by atoms with E-state index >= 15 is 0 Å². The van der Waals surface area contributed by atoms with Crippen LogP contribution in [0.5, 0.6) is 5.75 Å². The lowest BCUT2D eigenvalue weighted by Crippen LogP contribution is -2.42. The second kappa shape index (κ2) is 6.20. The van der Waals surface area contributed by atoms with Gasteiger partial charge in [0.1, 0.15) is 10.6 Å². The molecule has 134 valence electrons. The molecule has 0 N–H and O–H groups in total. The molecule has 0 aromatic heterocycles. The minimum atomic E-state index is -4.94. The van der Waals surface area contributed by atoms with E-state index in [0.717, 1.165) is 31.5 Å². The van der Waals surface area contributed by atoms with E-state index in [1.807, 2.05) is 7.05 Å². The van der Waals surface area contributed by atoms with E-state index in [0.29, 0.717) is 6.54 Å². The minimum absolute atomic E-state index is 0.0919. The number of sulfonamides is 1. The lowest BCUT2D eigenvalue weighted by atomic mass is 9.96. The van der Waals surface area contributed by atoms with Crippen molar-refractivity contribution in [1.29, 1.82) is 0 Å². The topological polar surface area (TPSA) is 49.9 Å². The smallest absolute Gasteiger partial charge is 0.404 e. The van der Waals surface area contributed by atoms with Gasteiger partial charge in [-0.3, -0.25) is 0 Å². The number of para-hydroxylation sites is 1. The molecule has 0 saturated carbocycles. The Kier molecular flexibility index (Phi) is 4.52. The van der Waals surface area contributed by atoms with Crippen LogP contribution in [0.2, 0.25) is 0 Å². The number of piperidine rings is 1. The van der Waals surface area contributed by atoms with Crippen molar-refractivity contribution in [2.24, 2.45) is 5.92 Å². The van der Waals surface area contributed by atoms with Crippen molar-refractivity contribution in [2.75, 3.05) is 26.7 Å². The zero-order valence-electron chi connectivity index (χ0n) is 13.2. The average Bonchev–Trinajstić information content (AvgIpc) is 2.77. The maximum Gasteiger partial charge on any atom is 0.573 e. The molecule has 1 aromatic carbocycles. The maximum atomic E-state index is 12.9. The number of halogens is 3. The van der Waals surface area contributed by atoms with Crippen molar-refractivity contribution in [3.8, 4) is 5.75 Å². The second-order valence-corrected chi connectivity index (χ2v) is 8.26. The van der Waals surface area contributed by atoms with Gasteiger partial charge in [0.15, 0.2) is 0 Å². The van der Waals surface area contributed by atoms with E-state index in [1.54, 1.807) is 0 Å². The van der Waals surface area contributed by atoms with E-state index < -0.39 is 27.0 Å². The third kappa shape index (κ3) is 3.52. The van der Waals surface area contributed by atoms with Gasteiger partial charge in [0.05, 0.1) is 0 Å². The van der Waals surface area contributed by atoms with E-state index in [1.165, 1.54) is 16.4 Å². The molecule has 0 amide bonds. The fraction of sp³-hybridized carbons (Fsp3) is 0.600. The molecular formula is C15H19F3N2O3S. The summed E-state index contributed by atoms with van der Waals surface area (Å²) in [5.74, 6) is -0.492. The van der Waals surface area contributed by atoms with Gasteiger partial charge in [0.25, 0.3) is 0 Å². The number of rotatable bonds is 3. The Morgan fingerprint density at radius 1 is 1.12 bits per heavy atom. The third-order valence-electron chi connectivity index (χ3n) is 4.65. The van der Waals surface area contributed by atoms with Crippen LogP contribution in [0.3, 0.4) is 0 Å². The number of alkyl halides is 3. The first kappa shape index (κ1) is 17.5. The van der Waals surface area contributed by atoms with Crippen molar-refractivity contribution in [1.82, 2.24) is 9.21 Å². The lowest BCUT2D eigenvalue weighted by Gasteiger charge is -2.32. The predicted molar refractivity (Wildman–Crippen MR) is 81.0 cm³/mol. The van der Waals surface area contributed by atoms with Crippen LogP contribution in [0.25, 0.3) is 0 Å². The van der Waals surface area contributed by atoms with Crippen LogP contribution in [0.4, 0.5) is 13.2 Å². The first-order chi connectivity index (χ1) is 11.2. The molecule has 1 aromatic rings. The average molecular weight is 364 g/mol. The van der Waals surface area contributed by atoms with Gasteiger partial charge in [-0.1, -0.05) is 12.1 Å². The van der Waals surface area contributed by atoms with Gasteiger partial charge in [0.2, 0.25) is 10.0 Å². The number of nitrogens with zero attached hydrogens (tertiary/aromatic N) is 2. The summed E-state index contributed by atoms with van der Waals surface area (Å²) in [7, 11) is -2.10. The zero-order valence-corrected chi connectivity index (χ0v) is 14.0. The standard InChI is InChI=1S/C15H19F3N2O3S/c1-19-8-11-6-7-12(19)10-20(9-11)24(21,22)14-5-3-2-4-13(14)23-15(16,17)18/h2-5,11-12H,6-10H2,1H3/t11-,12-/m1/s1. The highest BCUT2D eigenvalue weighted by Crippen LogP contribution is 2.34. The fourth-order valence-corrected chi connectivity index (χ4v) is 5.15. The normalized spacial score (nSPS) is 26.3. The Bertz CT molecular complexity index is 708. The summed E-state index contributed by atoms with van der Waals surface area (Å²) in [6.45, 7) is 1.41. The summed E-state index contributed by atoms with van der Waals surface area (Å²) in [5, 5.41) is 0. The van der Waals surface area contributed by atoms with E-state index in [9.17, 15) is 21.6 Å². The Balaban J connectivity index is 1.94. The highest BCUT2D eigenvalue weighted by atomic mass is 32.2. The van der Waals surface area contributed by atoms with Crippen molar-refractivity contribution in [3.05, 3.63) is 24.3 Å². The van der Waals surface area contributed by atoms with Crippen molar-refractivity contribution in [2.45, 2.75) is 30.1 Å². The number of benzene rings is 1. The molecule has 24 heavy (non-hydrogen) atoms. The Morgan fingerprint density at radius 2 is 1.83 bits per heavy atom. The molecule has 0 unspecified atom stereocenters. The van der Waals surface area contributed by atoms with Gasteiger partial charge in [-0.2, -0.15) is 4.31 Å². The Hall–Kier alpha value is -1.32. The molecule has 0 spiro atoms. The molecule has 3 heterocycles. The predicted octanol–water partition coefficient (Wildman–Crippen LogP) is 2.30. The van der Waals surface area contributed by atoms with Crippen molar-refractivity contribution >= 4 is 10.0 Å². The van der Waals surface area contributed by atoms with E-state index in [2.05, 4.69) is 9.64 Å². The van der Waals surface area contributed by atoms with Crippen LogP contribution in [0.1, 0.15) is 12.8 Å². The van der Waals surface area contributed by atoms with Crippen LogP contribution in [-0.2, 0) is 10.0 Å². The van der Waals surface area contributed by atoms with E-state index in [4.69, 9.17) is 0 Å².